The first-order chi connectivity index (χ1) is 13.3. The Bertz CT molecular complexity index is 900. The molecule has 1 heterocycles. The molecule has 1 atom stereocenters. The lowest BCUT2D eigenvalue weighted by Crippen LogP contribution is -2.32. The SMILES string of the molecule is CCOC(=O)C1=C(C)NC(C)=C(C(=O)OCCC#N)[C@@H]1c1cccc(Cl)c1Cl. The van der Waals surface area contributed by atoms with E-state index < -0.39 is 17.9 Å². The molecule has 0 unspecified atom stereocenters. The first kappa shape index (κ1) is 21.8. The van der Waals surface area contributed by atoms with E-state index in [2.05, 4.69) is 5.32 Å². The predicted molar refractivity (Wildman–Crippen MR) is 106 cm³/mol. The minimum atomic E-state index is -0.818. The number of allylic oxidation sites excluding steroid dienone is 2. The number of nitrogens with zero attached hydrogens (tertiary/aromatic N) is 1. The van der Waals surface area contributed by atoms with Gasteiger partial charge in [-0.3, -0.25) is 0 Å². The van der Waals surface area contributed by atoms with E-state index in [4.69, 9.17) is 37.9 Å². The highest BCUT2D eigenvalue weighted by atomic mass is 35.5. The zero-order valence-corrected chi connectivity index (χ0v) is 17.3. The molecule has 0 saturated carbocycles. The smallest absolute Gasteiger partial charge is 0.336 e. The number of dihydropyridines is 1. The molecule has 2 rings (SSSR count). The van der Waals surface area contributed by atoms with Gasteiger partial charge in [0, 0.05) is 11.4 Å². The molecule has 1 aromatic rings. The van der Waals surface area contributed by atoms with Gasteiger partial charge in [0.2, 0.25) is 0 Å². The Morgan fingerprint density at radius 2 is 1.75 bits per heavy atom. The van der Waals surface area contributed by atoms with Gasteiger partial charge in [-0.15, -0.1) is 0 Å². The van der Waals surface area contributed by atoms with Gasteiger partial charge < -0.3 is 14.8 Å². The minimum Gasteiger partial charge on any atom is -0.463 e. The molecule has 1 aliphatic rings. The normalized spacial score (nSPS) is 16.4. The number of hydrogen-bond donors (Lipinski definition) is 1. The Morgan fingerprint density at radius 1 is 1.14 bits per heavy atom. The Hall–Kier alpha value is -2.49. The van der Waals surface area contributed by atoms with Crippen molar-refractivity contribution in [3.8, 4) is 6.07 Å². The summed E-state index contributed by atoms with van der Waals surface area (Å²) in [6.45, 7) is 5.25. The number of hydrogen-bond acceptors (Lipinski definition) is 6. The summed E-state index contributed by atoms with van der Waals surface area (Å²) in [5.41, 5.74) is 2.03. The van der Waals surface area contributed by atoms with Gasteiger partial charge in [-0.1, -0.05) is 35.3 Å². The molecule has 0 amide bonds. The van der Waals surface area contributed by atoms with Gasteiger partial charge in [0.15, 0.2) is 0 Å². The van der Waals surface area contributed by atoms with Crippen molar-refractivity contribution in [3.63, 3.8) is 0 Å². The number of esters is 2. The van der Waals surface area contributed by atoms with E-state index in [1.807, 2.05) is 6.07 Å². The molecule has 1 aromatic carbocycles. The summed E-state index contributed by atoms with van der Waals surface area (Å²) < 4.78 is 10.4. The van der Waals surface area contributed by atoms with Crippen molar-refractivity contribution in [2.45, 2.75) is 33.1 Å². The summed E-state index contributed by atoms with van der Waals surface area (Å²) in [6.07, 6.45) is 0.0632. The largest absolute Gasteiger partial charge is 0.463 e. The average molecular weight is 423 g/mol. The first-order valence-corrected chi connectivity index (χ1v) is 9.42. The molecule has 0 aliphatic carbocycles. The number of ether oxygens (including phenoxy) is 2. The molecular formula is C20H20Cl2N2O4. The van der Waals surface area contributed by atoms with Crippen LogP contribution in [0.2, 0.25) is 10.0 Å². The zero-order valence-electron chi connectivity index (χ0n) is 15.8. The van der Waals surface area contributed by atoms with Gasteiger partial charge in [0.25, 0.3) is 0 Å². The summed E-state index contributed by atoms with van der Waals surface area (Å²) in [5.74, 6) is -2.03. The van der Waals surface area contributed by atoms with Gasteiger partial charge in [0.05, 0.1) is 46.2 Å². The van der Waals surface area contributed by atoms with Crippen molar-refractivity contribution in [2.24, 2.45) is 0 Å². The predicted octanol–water partition coefficient (Wildman–Crippen LogP) is 4.25. The van der Waals surface area contributed by atoms with Crippen LogP contribution in [0.15, 0.2) is 40.7 Å². The van der Waals surface area contributed by atoms with E-state index in [1.54, 1.807) is 39.0 Å². The second-order valence-electron chi connectivity index (χ2n) is 6.04. The van der Waals surface area contributed by atoms with Crippen LogP contribution in [0.5, 0.6) is 0 Å². The molecule has 1 aliphatic heterocycles. The fourth-order valence-corrected chi connectivity index (χ4v) is 3.48. The molecule has 0 saturated heterocycles. The number of carbonyl (C=O) groups is 2. The maximum absolute atomic E-state index is 12.8. The Balaban J connectivity index is 2.63. The van der Waals surface area contributed by atoms with Crippen LogP contribution >= 0.6 is 23.2 Å². The van der Waals surface area contributed by atoms with Crippen LogP contribution in [-0.2, 0) is 19.1 Å². The monoisotopic (exact) mass is 422 g/mol. The standard InChI is InChI=1S/C20H20Cl2N2O4/c1-4-27-19(25)15-11(2)24-12(3)16(20(26)28-10-6-9-23)17(15)13-7-5-8-14(21)18(13)22/h5,7-8,17,24H,4,6,10H2,1-3H3/t17-/m1/s1. The number of rotatable bonds is 6. The Morgan fingerprint density at radius 3 is 2.32 bits per heavy atom. The maximum atomic E-state index is 12.8. The molecule has 28 heavy (non-hydrogen) atoms. The molecule has 0 spiro atoms. The summed E-state index contributed by atoms with van der Waals surface area (Å²) in [5, 5.41) is 12.3. The molecule has 148 valence electrons. The van der Waals surface area contributed by atoms with Crippen molar-refractivity contribution in [3.05, 3.63) is 56.3 Å². The second kappa shape index (κ2) is 9.63. The Kier molecular flexibility index (Phi) is 7.50. The molecule has 8 heteroatoms. The number of carbonyl (C=O) groups excluding carboxylic acids is 2. The van der Waals surface area contributed by atoms with Gasteiger partial charge in [-0.25, -0.2) is 9.59 Å². The topological polar surface area (TPSA) is 88.4 Å². The molecule has 6 nitrogen and oxygen atoms in total. The van der Waals surface area contributed by atoms with Crippen molar-refractivity contribution in [1.82, 2.24) is 5.32 Å². The van der Waals surface area contributed by atoms with Crippen LogP contribution in [0.1, 0.15) is 38.7 Å². The zero-order chi connectivity index (χ0) is 20.8. The fraction of sp³-hybridized carbons (Fsp3) is 0.350. The van der Waals surface area contributed by atoms with Gasteiger partial charge in [-0.05, 0) is 32.4 Å². The number of halogens is 2. The second-order valence-corrected chi connectivity index (χ2v) is 6.83. The van der Waals surface area contributed by atoms with E-state index in [9.17, 15) is 9.59 Å². The summed E-state index contributed by atoms with van der Waals surface area (Å²) >= 11 is 12.6. The quantitative estimate of drug-likeness (QED) is 0.544. The highest BCUT2D eigenvalue weighted by molar-refractivity contribution is 6.42. The summed E-state index contributed by atoms with van der Waals surface area (Å²) in [7, 11) is 0. The molecule has 0 aromatic heterocycles. The lowest BCUT2D eigenvalue weighted by Gasteiger charge is -2.31. The summed E-state index contributed by atoms with van der Waals surface area (Å²) in [6, 6.07) is 6.93. The van der Waals surface area contributed by atoms with Crippen LogP contribution in [0.3, 0.4) is 0 Å². The van der Waals surface area contributed by atoms with Crippen molar-refractivity contribution >= 4 is 35.1 Å². The van der Waals surface area contributed by atoms with Crippen LogP contribution in [-0.4, -0.2) is 25.2 Å². The molecular weight excluding hydrogens is 403 g/mol. The summed E-state index contributed by atoms with van der Waals surface area (Å²) in [4.78, 5) is 25.5. The third kappa shape index (κ3) is 4.49. The van der Waals surface area contributed by atoms with Crippen LogP contribution < -0.4 is 5.32 Å². The third-order valence-electron chi connectivity index (χ3n) is 4.22. The average Bonchev–Trinajstić information content (AvgIpc) is 2.63. The van der Waals surface area contributed by atoms with Gasteiger partial charge >= 0.3 is 11.9 Å². The van der Waals surface area contributed by atoms with E-state index in [-0.39, 0.29) is 35.8 Å². The minimum absolute atomic E-state index is 0.0560. The van der Waals surface area contributed by atoms with E-state index in [0.717, 1.165) is 0 Å². The van der Waals surface area contributed by atoms with Gasteiger partial charge in [-0.2, -0.15) is 5.26 Å². The number of nitrogens with one attached hydrogen (secondary N) is 1. The highest BCUT2D eigenvalue weighted by Crippen LogP contribution is 2.43. The number of benzene rings is 1. The third-order valence-corrected chi connectivity index (χ3v) is 5.05. The van der Waals surface area contributed by atoms with Crippen LogP contribution in [0.4, 0.5) is 0 Å². The van der Waals surface area contributed by atoms with Gasteiger partial charge in [0.1, 0.15) is 6.61 Å². The lowest BCUT2D eigenvalue weighted by molar-refractivity contribution is -0.139. The van der Waals surface area contributed by atoms with Crippen LogP contribution in [0.25, 0.3) is 0 Å². The van der Waals surface area contributed by atoms with Crippen molar-refractivity contribution in [2.75, 3.05) is 13.2 Å². The molecule has 0 fully saturated rings. The van der Waals surface area contributed by atoms with Crippen LogP contribution in [0, 0.1) is 11.3 Å². The first-order valence-electron chi connectivity index (χ1n) is 8.67. The van der Waals surface area contributed by atoms with E-state index >= 15 is 0 Å². The highest BCUT2D eigenvalue weighted by Gasteiger charge is 2.39. The molecule has 0 radical (unpaired) electrons. The van der Waals surface area contributed by atoms with E-state index in [0.29, 0.717) is 22.0 Å². The molecule has 1 N–H and O–H groups in total. The maximum Gasteiger partial charge on any atom is 0.336 e. The van der Waals surface area contributed by atoms with Crippen molar-refractivity contribution in [1.29, 1.82) is 5.26 Å². The Labute approximate surface area is 173 Å². The fourth-order valence-electron chi connectivity index (χ4n) is 3.07. The number of nitriles is 1. The van der Waals surface area contributed by atoms with E-state index in [1.165, 1.54) is 0 Å². The van der Waals surface area contributed by atoms with Crippen molar-refractivity contribution < 1.29 is 19.1 Å². The molecule has 0 bridgehead atoms. The lowest BCUT2D eigenvalue weighted by atomic mass is 9.80.